The van der Waals surface area contributed by atoms with Gasteiger partial charge in [-0.1, -0.05) is 38.1 Å². The van der Waals surface area contributed by atoms with Crippen LogP contribution in [0.5, 0.6) is 5.75 Å². The topological polar surface area (TPSA) is 21.3 Å². The van der Waals surface area contributed by atoms with E-state index in [0.717, 1.165) is 25.4 Å². The summed E-state index contributed by atoms with van der Waals surface area (Å²) in [7, 11) is 0. The molecule has 106 valence electrons. The van der Waals surface area contributed by atoms with Gasteiger partial charge in [-0.2, -0.15) is 0 Å². The van der Waals surface area contributed by atoms with Gasteiger partial charge in [0.2, 0.25) is 0 Å². The molecule has 1 aromatic heterocycles. The molecule has 1 unspecified atom stereocenters. The van der Waals surface area contributed by atoms with Crippen LogP contribution < -0.4 is 10.1 Å². The Labute approximate surface area is 124 Å². The van der Waals surface area contributed by atoms with E-state index in [1.54, 1.807) is 0 Å². The van der Waals surface area contributed by atoms with Gasteiger partial charge in [-0.3, -0.25) is 0 Å². The summed E-state index contributed by atoms with van der Waals surface area (Å²) in [5.41, 5.74) is 1.53. The molecule has 0 bridgehead atoms. The van der Waals surface area contributed by atoms with Crippen LogP contribution in [0.3, 0.4) is 0 Å². The van der Waals surface area contributed by atoms with Crippen molar-refractivity contribution in [2.45, 2.75) is 25.2 Å². The lowest BCUT2D eigenvalue weighted by atomic mass is 9.91. The minimum Gasteiger partial charge on any atom is -0.493 e. The Morgan fingerprint density at radius 3 is 2.90 bits per heavy atom. The molecule has 0 aliphatic carbocycles. The van der Waals surface area contributed by atoms with Gasteiger partial charge in [0.15, 0.2) is 0 Å². The standard InChI is InChI=1S/C17H21NOS/c1-17(2,16-8-5-9-20-16)12-18-10-13-11-19-15-7-4-3-6-14(13)15/h3-9,13,18H,10-12H2,1-2H3. The fraction of sp³-hybridized carbons (Fsp3) is 0.412. The summed E-state index contributed by atoms with van der Waals surface area (Å²) in [6.45, 7) is 7.36. The molecule has 1 aliphatic rings. The zero-order valence-corrected chi connectivity index (χ0v) is 12.9. The Morgan fingerprint density at radius 2 is 2.10 bits per heavy atom. The zero-order valence-electron chi connectivity index (χ0n) is 12.1. The second-order valence-electron chi connectivity index (χ2n) is 6.04. The molecule has 20 heavy (non-hydrogen) atoms. The van der Waals surface area contributed by atoms with Crippen LogP contribution in [0.15, 0.2) is 41.8 Å². The van der Waals surface area contributed by atoms with E-state index in [-0.39, 0.29) is 5.41 Å². The van der Waals surface area contributed by atoms with E-state index < -0.39 is 0 Å². The molecule has 0 saturated heterocycles. The van der Waals surface area contributed by atoms with Crippen LogP contribution in [0.2, 0.25) is 0 Å². The Balaban J connectivity index is 1.57. The summed E-state index contributed by atoms with van der Waals surface area (Å²) in [6.07, 6.45) is 0. The van der Waals surface area contributed by atoms with Gasteiger partial charge in [0, 0.05) is 34.9 Å². The molecule has 1 aromatic carbocycles. The number of hydrogen-bond acceptors (Lipinski definition) is 3. The van der Waals surface area contributed by atoms with Crippen molar-refractivity contribution >= 4 is 11.3 Å². The SMILES string of the molecule is CC(C)(CNCC1COc2ccccc21)c1cccs1. The van der Waals surface area contributed by atoms with Crippen molar-refractivity contribution < 1.29 is 4.74 Å². The van der Waals surface area contributed by atoms with E-state index >= 15 is 0 Å². The summed E-state index contributed by atoms with van der Waals surface area (Å²) in [4.78, 5) is 1.44. The average molecular weight is 287 g/mol. The number of ether oxygens (including phenoxy) is 1. The number of para-hydroxylation sites is 1. The summed E-state index contributed by atoms with van der Waals surface area (Å²) >= 11 is 1.84. The molecular weight excluding hydrogens is 266 g/mol. The Hall–Kier alpha value is -1.32. The van der Waals surface area contributed by atoms with Crippen molar-refractivity contribution in [2.24, 2.45) is 0 Å². The molecule has 3 heteroatoms. The second-order valence-corrected chi connectivity index (χ2v) is 6.99. The third kappa shape index (κ3) is 2.74. The summed E-state index contributed by atoms with van der Waals surface area (Å²) < 4.78 is 5.73. The van der Waals surface area contributed by atoms with Crippen LogP contribution in [0, 0.1) is 0 Å². The summed E-state index contributed by atoms with van der Waals surface area (Å²) in [5, 5.41) is 5.77. The van der Waals surface area contributed by atoms with Crippen molar-refractivity contribution in [3.05, 3.63) is 52.2 Å². The lowest BCUT2D eigenvalue weighted by molar-refractivity contribution is 0.323. The maximum Gasteiger partial charge on any atom is 0.122 e. The highest BCUT2D eigenvalue weighted by Gasteiger charge is 2.25. The summed E-state index contributed by atoms with van der Waals surface area (Å²) in [6, 6.07) is 12.7. The third-order valence-corrected chi connectivity index (χ3v) is 5.18. The van der Waals surface area contributed by atoms with Gasteiger partial charge in [0.05, 0.1) is 6.61 Å². The normalized spacial score (nSPS) is 17.8. The first-order valence-electron chi connectivity index (χ1n) is 7.13. The average Bonchev–Trinajstić information content (AvgIpc) is 3.08. The van der Waals surface area contributed by atoms with Crippen molar-refractivity contribution in [3.63, 3.8) is 0 Å². The molecular formula is C17H21NOS. The van der Waals surface area contributed by atoms with Crippen LogP contribution in [-0.4, -0.2) is 19.7 Å². The van der Waals surface area contributed by atoms with E-state index in [1.807, 2.05) is 17.4 Å². The molecule has 0 amide bonds. The molecule has 2 aromatic rings. The molecule has 1 aliphatic heterocycles. The fourth-order valence-electron chi connectivity index (χ4n) is 2.71. The molecule has 0 radical (unpaired) electrons. The smallest absolute Gasteiger partial charge is 0.122 e. The van der Waals surface area contributed by atoms with Crippen molar-refractivity contribution in [3.8, 4) is 5.75 Å². The predicted molar refractivity (Wildman–Crippen MR) is 84.9 cm³/mol. The number of nitrogens with one attached hydrogen (secondary N) is 1. The quantitative estimate of drug-likeness (QED) is 0.903. The van der Waals surface area contributed by atoms with Crippen molar-refractivity contribution in [1.29, 1.82) is 0 Å². The first-order valence-corrected chi connectivity index (χ1v) is 8.01. The van der Waals surface area contributed by atoms with Crippen LogP contribution in [0.1, 0.15) is 30.2 Å². The highest BCUT2D eigenvalue weighted by molar-refractivity contribution is 7.10. The van der Waals surface area contributed by atoms with Gasteiger partial charge in [-0.25, -0.2) is 0 Å². The maximum atomic E-state index is 5.73. The highest BCUT2D eigenvalue weighted by Crippen LogP contribution is 2.33. The van der Waals surface area contributed by atoms with Gasteiger partial charge in [0.1, 0.15) is 5.75 Å². The van der Waals surface area contributed by atoms with Crippen LogP contribution >= 0.6 is 11.3 Å². The van der Waals surface area contributed by atoms with Gasteiger partial charge in [-0.05, 0) is 17.5 Å². The number of hydrogen-bond donors (Lipinski definition) is 1. The monoisotopic (exact) mass is 287 g/mol. The lowest BCUT2D eigenvalue weighted by Gasteiger charge is -2.24. The first kappa shape index (κ1) is 13.7. The number of benzene rings is 1. The predicted octanol–water partition coefficient (Wildman–Crippen LogP) is 3.79. The van der Waals surface area contributed by atoms with E-state index in [9.17, 15) is 0 Å². The molecule has 1 N–H and O–H groups in total. The van der Waals surface area contributed by atoms with Crippen molar-refractivity contribution in [2.75, 3.05) is 19.7 Å². The van der Waals surface area contributed by atoms with E-state index in [0.29, 0.717) is 5.92 Å². The molecule has 2 heterocycles. The van der Waals surface area contributed by atoms with Crippen molar-refractivity contribution in [1.82, 2.24) is 5.32 Å². The number of thiophene rings is 1. The molecule has 0 fully saturated rings. The van der Waals surface area contributed by atoms with Gasteiger partial charge in [0.25, 0.3) is 0 Å². The van der Waals surface area contributed by atoms with Gasteiger partial charge < -0.3 is 10.1 Å². The Kier molecular flexibility index (Phi) is 3.81. The molecule has 0 spiro atoms. The van der Waals surface area contributed by atoms with Gasteiger partial charge in [-0.15, -0.1) is 11.3 Å². The second kappa shape index (κ2) is 5.58. The van der Waals surface area contributed by atoms with Crippen LogP contribution in [0.4, 0.5) is 0 Å². The summed E-state index contributed by atoms with van der Waals surface area (Å²) in [5.74, 6) is 1.53. The van der Waals surface area contributed by atoms with Crippen LogP contribution in [0.25, 0.3) is 0 Å². The van der Waals surface area contributed by atoms with E-state index in [4.69, 9.17) is 4.74 Å². The minimum atomic E-state index is 0.188. The first-order chi connectivity index (χ1) is 9.67. The fourth-order valence-corrected chi connectivity index (χ4v) is 3.56. The maximum absolute atomic E-state index is 5.73. The molecule has 1 atom stereocenters. The number of rotatable bonds is 5. The lowest BCUT2D eigenvalue weighted by Crippen LogP contribution is -2.34. The molecule has 2 nitrogen and oxygen atoms in total. The highest BCUT2D eigenvalue weighted by atomic mass is 32.1. The van der Waals surface area contributed by atoms with E-state index in [1.165, 1.54) is 10.4 Å². The third-order valence-electron chi connectivity index (χ3n) is 3.94. The largest absolute Gasteiger partial charge is 0.493 e. The van der Waals surface area contributed by atoms with E-state index in [2.05, 4.69) is 54.9 Å². The molecule has 0 saturated carbocycles. The number of fused-ring (bicyclic) bond motifs is 1. The zero-order chi connectivity index (χ0) is 14.0. The van der Waals surface area contributed by atoms with Gasteiger partial charge >= 0.3 is 0 Å². The Morgan fingerprint density at radius 1 is 1.25 bits per heavy atom. The Bertz CT molecular complexity index is 562. The molecule has 3 rings (SSSR count). The minimum absolute atomic E-state index is 0.188. The van der Waals surface area contributed by atoms with Crippen LogP contribution in [-0.2, 0) is 5.41 Å².